The molecule has 1 saturated heterocycles. The van der Waals surface area contributed by atoms with Gasteiger partial charge in [0.25, 0.3) is 0 Å². The number of nitrogen functional groups attached to an aromatic ring is 1. The fraction of sp³-hybridized carbons (Fsp3) is 0.455. The molecule has 0 radical (unpaired) electrons. The van der Waals surface area contributed by atoms with E-state index in [4.69, 9.17) is 22.1 Å². The SMILES string of the molecule is Nc1cc(Cl)c(F)c(S(=O)(=O)NC2CCOCC2)c1. The van der Waals surface area contributed by atoms with Crippen LogP contribution in [-0.4, -0.2) is 27.7 Å². The van der Waals surface area contributed by atoms with Gasteiger partial charge >= 0.3 is 0 Å². The number of benzene rings is 1. The van der Waals surface area contributed by atoms with Gasteiger partial charge in [0.05, 0.1) is 5.02 Å². The molecule has 19 heavy (non-hydrogen) atoms. The Labute approximate surface area is 115 Å². The van der Waals surface area contributed by atoms with Crippen molar-refractivity contribution in [3.8, 4) is 0 Å². The maximum atomic E-state index is 13.8. The molecule has 5 nitrogen and oxygen atoms in total. The zero-order chi connectivity index (χ0) is 14.0. The van der Waals surface area contributed by atoms with Crippen molar-refractivity contribution >= 4 is 27.3 Å². The van der Waals surface area contributed by atoms with Crippen molar-refractivity contribution in [2.24, 2.45) is 0 Å². The Morgan fingerprint density at radius 3 is 2.63 bits per heavy atom. The number of rotatable bonds is 3. The molecule has 1 heterocycles. The van der Waals surface area contributed by atoms with E-state index >= 15 is 0 Å². The summed E-state index contributed by atoms with van der Waals surface area (Å²) in [6, 6.07) is 1.96. The second-order valence-electron chi connectivity index (χ2n) is 4.32. The third-order valence-electron chi connectivity index (χ3n) is 2.85. The third-order valence-corrected chi connectivity index (χ3v) is 4.64. The van der Waals surface area contributed by atoms with Crippen LogP contribution in [0, 0.1) is 5.82 Å². The number of hydrogen-bond acceptors (Lipinski definition) is 4. The summed E-state index contributed by atoms with van der Waals surface area (Å²) in [5, 5.41) is -0.313. The first kappa shape index (κ1) is 14.5. The topological polar surface area (TPSA) is 81.4 Å². The van der Waals surface area contributed by atoms with Crippen molar-refractivity contribution in [3.63, 3.8) is 0 Å². The Balaban J connectivity index is 2.28. The number of nitrogens with one attached hydrogen (secondary N) is 1. The average molecular weight is 309 g/mol. The Hall–Kier alpha value is -0.890. The molecule has 1 aliphatic rings. The van der Waals surface area contributed by atoms with Gasteiger partial charge in [0, 0.05) is 24.9 Å². The number of ether oxygens (including phenoxy) is 1. The van der Waals surface area contributed by atoms with Gasteiger partial charge in [0.15, 0.2) is 5.82 Å². The molecule has 1 aromatic rings. The molecule has 1 aromatic carbocycles. The quantitative estimate of drug-likeness (QED) is 0.830. The van der Waals surface area contributed by atoms with Crippen LogP contribution in [0.3, 0.4) is 0 Å². The molecular weight excluding hydrogens is 295 g/mol. The van der Waals surface area contributed by atoms with Crippen LogP contribution in [0.2, 0.25) is 5.02 Å². The summed E-state index contributed by atoms with van der Waals surface area (Å²) in [5.41, 5.74) is 5.59. The molecule has 1 aliphatic heterocycles. The molecule has 0 amide bonds. The van der Waals surface area contributed by atoms with Crippen molar-refractivity contribution in [2.75, 3.05) is 18.9 Å². The fourth-order valence-corrected chi connectivity index (χ4v) is 3.60. The first-order chi connectivity index (χ1) is 8.90. The lowest BCUT2D eigenvalue weighted by Crippen LogP contribution is -2.39. The van der Waals surface area contributed by atoms with Gasteiger partial charge in [-0.1, -0.05) is 11.6 Å². The number of anilines is 1. The Morgan fingerprint density at radius 1 is 1.37 bits per heavy atom. The summed E-state index contributed by atoms with van der Waals surface area (Å²) in [7, 11) is -3.98. The summed E-state index contributed by atoms with van der Waals surface area (Å²) in [5.74, 6) is -0.990. The Kier molecular flexibility index (Phi) is 4.29. The minimum absolute atomic E-state index is 0.0961. The molecule has 0 atom stereocenters. The zero-order valence-electron chi connectivity index (χ0n) is 10.0. The molecule has 0 saturated carbocycles. The van der Waals surface area contributed by atoms with E-state index in [0.29, 0.717) is 26.1 Å². The average Bonchev–Trinajstić information content (AvgIpc) is 2.34. The van der Waals surface area contributed by atoms with Crippen molar-refractivity contribution in [2.45, 2.75) is 23.8 Å². The molecule has 2 rings (SSSR count). The zero-order valence-corrected chi connectivity index (χ0v) is 11.6. The van der Waals surface area contributed by atoms with Gasteiger partial charge in [0.1, 0.15) is 4.90 Å². The third kappa shape index (κ3) is 3.36. The lowest BCUT2D eigenvalue weighted by Gasteiger charge is -2.23. The minimum Gasteiger partial charge on any atom is -0.399 e. The highest BCUT2D eigenvalue weighted by Gasteiger charge is 2.26. The second-order valence-corrected chi connectivity index (χ2v) is 6.41. The van der Waals surface area contributed by atoms with E-state index in [1.54, 1.807) is 0 Å². The van der Waals surface area contributed by atoms with E-state index in [9.17, 15) is 12.8 Å². The van der Waals surface area contributed by atoms with Gasteiger partial charge in [0.2, 0.25) is 10.0 Å². The van der Waals surface area contributed by atoms with Crippen LogP contribution in [0.15, 0.2) is 17.0 Å². The predicted molar refractivity (Wildman–Crippen MR) is 70.0 cm³/mol. The number of sulfonamides is 1. The Morgan fingerprint density at radius 2 is 2.00 bits per heavy atom. The van der Waals surface area contributed by atoms with E-state index in [1.165, 1.54) is 6.07 Å². The lowest BCUT2D eigenvalue weighted by atomic mass is 10.1. The van der Waals surface area contributed by atoms with E-state index in [0.717, 1.165) is 6.07 Å². The van der Waals surface area contributed by atoms with Crippen LogP contribution >= 0.6 is 11.6 Å². The summed E-state index contributed by atoms with van der Waals surface area (Å²) in [4.78, 5) is -0.524. The highest BCUT2D eigenvalue weighted by atomic mass is 35.5. The number of halogens is 2. The molecule has 8 heteroatoms. The summed E-state index contributed by atoms with van der Waals surface area (Å²) in [6.45, 7) is 0.959. The molecule has 0 aromatic heterocycles. The normalized spacial score (nSPS) is 17.6. The lowest BCUT2D eigenvalue weighted by molar-refractivity contribution is 0.0832. The molecular formula is C11H14ClFN2O3S. The largest absolute Gasteiger partial charge is 0.399 e. The monoisotopic (exact) mass is 308 g/mol. The van der Waals surface area contributed by atoms with Crippen molar-refractivity contribution in [1.29, 1.82) is 0 Å². The van der Waals surface area contributed by atoms with E-state index in [2.05, 4.69) is 4.72 Å². The summed E-state index contributed by atoms with van der Waals surface area (Å²) < 4.78 is 45.6. The van der Waals surface area contributed by atoms with Gasteiger partial charge in [-0.15, -0.1) is 0 Å². The van der Waals surface area contributed by atoms with E-state index in [1.807, 2.05) is 0 Å². The van der Waals surface area contributed by atoms with Crippen molar-refractivity contribution < 1.29 is 17.5 Å². The van der Waals surface area contributed by atoms with Crippen LogP contribution in [0.4, 0.5) is 10.1 Å². The van der Waals surface area contributed by atoms with Gasteiger partial charge < -0.3 is 10.5 Å². The molecule has 1 fully saturated rings. The standard InChI is InChI=1S/C11H14ClFN2O3S/c12-9-5-7(14)6-10(11(9)13)19(16,17)15-8-1-3-18-4-2-8/h5-6,8,15H,1-4,14H2. The maximum Gasteiger partial charge on any atom is 0.243 e. The van der Waals surface area contributed by atoms with Gasteiger partial charge in [-0.2, -0.15) is 0 Å². The van der Waals surface area contributed by atoms with Crippen LogP contribution in [0.25, 0.3) is 0 Å². The molecule has 0 bridgehead atoms. The first-order valence-corrected chi connectivity index (χ1v) is 7.61. The maximum absolute atomic E-state index is 13.8. The van der Waals surface area contributed by atoms with Crippen LogP contribution in [0.5, 0.6) is 0 Å². The molecule has 0 aliphatic carbocycles. The van der Waals surface area contributed by atoms with E-state index in [-0.39, 0.29) is 16.8 Å². The highest BCUT2D eigenvalue weighted by molar-refractivity contribution is 7.89. The van der Waals surface area contributed by atoms with Crippen LogP contribution in [0.1, 0.15) is 12.8 Å². The number of hydrogen-bond donors (Lipinski definition) is 2. The van der Waals surface area contributed by atoms with Crippen LogP contribution in [-0.2, 0) is 14.8 Å². The van der Waals surface area contributed by atoms with Crippen molar-refractivity contribution in [3.05, 3.63) is 23.0 Å². The predicted octanol–water partition coefficient (Wildman–Crippen LogP) is 1.52. The van der Waals surface area contributed by atoms with Crippen molar-refractivity contribution in [1.82, 2.24) is 4.72 Å². The Bertz CT molecular complexity index is 574. The molecule has 0 unspecified atom stereocenters. The summed E-state index contributed by atoms with van der Waals surface area (Å²) >= 11 is 5.60. The minimum atomic E-state index is -3.98. The van der Waals surface area contributed by atoms with E-state index < -0.39 is 20.7 Å². The molecule has 3 N–H and O–H groups in total. The molecule has 0 spiro atoms. The van der Waals surface area contributed by atoms with Gasteiger partial charge in [-0.3, -0.25) is 0 Å². The number of nitrogens with two attached hydrogens (primary N) is 1. The van der Waals surface area contributed by atoms with Gasteiger partial charge in [-0.25, -0.2) is 17.5 Å². The molecule has 106 valence electrons. The van der Waals surface area contributed by atoms with Gasteiger partial charge in [-0.05, 0) is 25.0 Å². The first-order valence-electron chi connectivity index (χ1n) is 5.75. The fourth-order valence-electron chi connectivity index (χ4n) is 1.88. The second kappa shape index (κ2) is 5.62. The summed E-state index contributed by atoms with van der Waals surface area (Å²) in [6.07, 6.45) is 1.10. The smallest absolute Gasteiger partial charge is 0.243 e. The van der Waals surface area contributed by atoms with Crippen LogP contribution < -0.4 is 10.5 Å². The highest BCUT2D eigenvalue weighted by Crippen LogP contribution is 2.26.